The SMILES string of the molecule is O=C(NC(Nc1ccccc1F)(C(F)(F)F)C(F)(F)F)c1cccc(Cl)c1. The molecule has 2 aromatic carbocycles. The summed E-state index contributed by atoms with van der Waals surface area (Å²) < 4.78 is 94.7. The molecule has 0 aliphatic rings. The topological polar surface area (TPSA) is 41.1 Å². The van der Waals surface area contributed by atoms with Gasteiger partial charge in [0.05, 0.1) is 5.69 Å². The van der Waals surface area contributed by atoms with E-state index in [9.17, 15) is 35.5 Å². The van der Waals surface area contributed by atoms with E-state index in [1.165, 1.54) is 12.1 Å². The van der Waals surface area contributed by atoms with Gasteiger partial charge in [-0.05, 0) is 30.3 Å². The van der Waals surface area contributed by atoms with Gasteiger partial charge in [-0.25, -0.2) is 4.39 Å². The molecule has 0 spiro atoms. The second-order valence-electron chi connectivity index (χ2n) is 5.31. The van der Waals surface area contributed by atoms with Crippen LogP contribution in [-0.2, 0) is 0 Å². The van der Waals surface area contributed by atoms with Gasteiger partial charge in [-0.2, -0.15) is 26.3 Å². The number of halogens is 8. The zero-order valence-electron chi connectivity index (χ0n) is 13.1. The van der Waals surface area contributed by atoms with E-state index in [-0.39, 0.29) is 5.02 Å². The van der Waals surface area contributed by atoms with E-state index in [0.717, 1.165) is 34.9 Å². The highest BCUT2D eigenvalue weighted by Gasteiger charge is 2.72. The van der Waals surface area contributed by atoms with Gasteiger partial charge >= 0.3 is 18.0 Å². The Balaban J connectivity index is 2.55. The number of carbonyl (C=O) groups excluding carboxylic acids is 1. The van der Waals surface area contributed by atoms with Crippen molar-refractivity contribution in [2.75, 3.05) is 5.32 Å². The third kappa shape index (κ3) is 4.26. The zero-order valence-corrected chi connectivity index (χ0v) is 13.8. The monoisotopic (exact) mass is 414 g/mol. The lowest BCUT2D eigenvalue weighted by atomic mass is 10.1. The van der Waals surface area contributed by atoms with Crippen molar-refractivity contribution < 1.29 is 35.5 Å². The third-order valence-electron chi connectivity index (χ3n) is 3.43. The van der Waals surface area contributed by atoms with Crippen molar-refractivity contribution in [2.24, 2.45) is 0 Å². The minimum atomic E-state index is -6.07. The van der Waals surface area contributed by atoms with Crippen LogP contribution in [0, 0.1) is 5.82 Å². The standard InChI is InChI=1S/C16H10ClF7N2O/c17-10-5-3-4-9(8-10)13(27)26-14(15(19,20)21,16(22,23)24)25-12-7-2-1-6-11(12)18/h1-8,25H,(H,26,27). The average molecular weight is 415 g/mol. The normalized spacial score (nSPS) is 12.6. The molecule has 0 aliphatic heterocycles. The van der Waals surface area contributed by atoms with Crippen molar-refractivity contribution in [1.82, 2.24) is 5.32 Å². The summed E-state index contributed by atoms with van der Waals surface area (Å²) >= 11 is 5.60. The van der Waals surface area contributed by atoms with Crippen molar-refractivity contribution in [3.63, 3.8) is 0 Å². The van der Waals surface area contributed by atoms with Crippen LogP contribution in [0.4, 0.5) is 36.4 Å². The van der Waals surface area contributed by atoms with Crippen LogP contribution < -0.4 is 10.6 Å². The quantitative estimate of drug-likeness (QED) is 0.537. The van der Waals surface area contributed by atoms with Crippen LogP contribution in [0.1, 0.15) is 10.4 Å². The number of hydrogen-bond acceptors (Lipinski definition) is 2. The molecule has 3 nitrogen and oxygen atoms in total. The Hall–Kier alpha value is -2.49. The average Bonchev–Trinajstić information content (AvgIpc) is 2.54. The number of benzene rings is 2. The first-order valence-corrected chi connectivity index (χ1v) is 7.49. The third-order valence-corrected chi connectivity index (χ3v) is 3.67. The lowest BCUT2D eigenvalue weighted by molar-refractivity contribution is -0.294. The number of carbonyl (C=O) groups is 1. The van der Waals surface area contributed by atoms with E-state index in [0.29, 0.717) is 12.1 Å². The highest BCUT2D eigenvalue weighted by molar-refractivity contribution is 6.30. The molecule has 0 unspecified atom stereocenters. The highest BCUT2D eigenvalue weighted by atomic mass is 35.5. The Bertz CT molecular complexity index is 822. The largest absolute Gasteiger partial charge is 0.439 e. The molecule has 146 valence electrons. The predicted octanol–water partition coefficient (Wildman–Crippen LogP) is 5.14. The Labute approximate surface area is 153 Å². The molecule has 2 N–H and O–H groups in total. The van der Waals surface area contributed by atoms with E-state index in [1.54, 1.807) is 0 Å². The molecule has 0 aromatic heterocycles. The van der Waals surface area contributed by atoms with Gasteiger partial charge in [-0.1, -0.05) is 29.8 Å². The predicted molar refractivity (Wildman–Crippen MR) is 83.8 cm³/mol. The number of amides is 1. The van der Waals surface area contributed by atoms with Crippen LogP contribution in [0.25, 0.3) is 0 Å². The summed E-state index contributed by atoms with van der Waals surface area (Å²) in [5, 5.41) is 1.90. The van der Waals surface area contributed by atoms with Crippen molar-refractivity contribution in [1.29, 1.82) is 0 Å². The summed E-state index contributed by atoms with van der Waals surface area (Å²) in [6, 6.07) is 7.75. The van der Waals surface area contributed by atoms with E-state index in [4.69, 9.17) is 11.6 Å². The zero-order chi connectivity index (χ0) is 20.5. The molecule has 0 radical (unpaired) electrons. The fourth-order valence-corrected chi connectivity index (χ4v) is 2.30. The van der Waals surface area contributed by atoms with Crippen LogP contribution in [0.5, 0.6) is 0 Å². The molecule has 0 saturated heterocycles. The molecular formula is C16H10ClF7N2O. The van der Waals surface area contributed by atoms with Crippen molar-refractivity contribution >= 4 is 23.2 Å². The van der Waals surface area contributed by atoms with Gasteiger partial charge in [0, 0.05) is 10.6 Å². The summed E-state index contributed by atoms with van der Waals surface area (Å²) in [6.07, 6.45) is -12.1. The second kappa shape index (κ2) is 7.26. The molecule has 0 atom stereocenters. The minimum Gasteiger partial charge on any atom is -0.345 e. The Morgan fingerprint density at radius 2 is 1.48 bits per heavy atom. The number of rotatable bonds is 4. The van der Waals surface area contributed by atoms with E-state index in [1.807, 2.05) is 0 Å². The van der Waals surface area contributed by atoms with Crippen molar-refractivity contribution in [2.45, 2.75) is 18.0 Å². The summed E-state index contributed by atoms with van der Waals surface area (Å²) in [5.74, 6) is -3.08. The molecule has 2 rings (SSSR count). The molecule has 27 heavy (non-hydrogen) atoms. The van der Waals surface area contributed by atoms with Gasteiger partial charge in [0.1, 0.15) is 5.82 Å². The molecule has 0 fully saturated rings. The Morgan fingerprint density at radius 3 is 2.00 bits per heavy atom. The summed E-state index contributed by atoms with van der Waals surface area (Å²) in [5.41, 5.74) is -6.59. The van der Waals surface area contributed by atoms with Gasteiger partial charge in [-0.3, -0.25) is 4.79 Å². The summed E-state index contributed by atoms with van der Waals surface area (Å²) in [4.78, 5) is 12.1. The maximum absolute atomic E-state index is 13.7. The molecule has 1 amide bonds. The molecule has 2 aromatic rings. The van der Waals surface area contributed by atoms with Gasteiger partial charge < -0.3 is 10.6 Å². The smallest absolute Gasteiger partial charge is 0.345 e. The maximum Gasteiger partial charge on any atom is 0.439 e. The highest BCUT2D eigenvalue weighted by Crippen LogP contribution is 2.44. The minimum absolute atomic E-state index is 0.0747. The van der Waals surface area contributed by atoms with Crippen LogP contribution in [0.15, 0.2) is 48.5 Å². The van der Waals surface area contributed by atoms with Crippen LogP contribution in [0.3, 0.4) is 0 Å². The van der Waals surface area contributed by atoms with E-state index < -0.39 is 41.0 Å². The number of hydrogen-bond donors (Lipinski definition) is 2. The van der Waals surface area contributed by atoms with Crippen LogP contribution in [0.2, 0.25) is 5.02 Å². The van der Waals surface area contributed by atoms with Gasteiger partial charge in [0.15, 0.2) is 0 Å². The van der Waals surface area contributed by atoms with Crippen LogP contribution >= 0.6 is 11.6 Å². The lowest BCUT2D eigenvalue weighted by Gasteiger charge is -2.39. The van der Waals surface area contributed by atoms with Crippen LogP contribution in [-0.4, -0.2) is 23.9 Å². The summed E-state index contributed by atoms with van der Waals surface area (Å²) in [6.45, 7) is 0. The molecule has 11 heteroatoms. The molecule has 0 aliphatic carbocycles. The number of nitrogens with one attached hydrogen (secondary N) is 2. The van der Waals surface area contributed by atoms with Gasteiger partial charge in [-0.15, -0.1) is 0 Å². The number of para-hydroxylation sites is 1. The first-order chi connectivity index (χ1) is 12.4. The Kier molecular flexibility index (Phi) is 5.60. The second-order valence-corrected chi connectivity index (χ2v) is 5.75. The fourth-order valence-electron chi connectivity index (χ4n) is 2.11. The molecular weight excluding hydrogens is 405 g/mol. The van der Waals surface area contributed by atoms with E-state index >= 15 is 0 Å². The van der Waals surface area contributed by atoms with Crippen molar-refractivity contribution in [3.8, 4) is 0 Å². The molecule has 0 bridgehead atoms. The summed E-state index contributed by atoms with van der Waals surface area (Å²) in [7, 11) is 0. The number of alkyl halides is 6. The molecule has 0 heterocycles. The first-order valence-electron chi connectivity index (χ1n) is 7.11. The number of anilines is 1. The fraction of sp³-hybridized carbons (Fsp3) is 0.188. The maximum atomic E-state index is 13.7. The van der Waals surface area contributed by atoms with Gasteiger partial charge in [0.25, 0.3) is 5.91 Å². The van der Waals surface area contributed by atoms with Gasteiger partial charge in [0.2, 0.25) is 0 Å². The van der Waals surface area contributed by atoms with Crippen molar-refractivity contribution in [3.05, 3.63) is 64.9 Å². The molecule has 0 saturated carbocycles. The lowest BCUT2D eigenvalue weighted by Crippen LogP contribution is -2.72. The first kappa shape index (κ1) is 20.8. The Morgan fingerprint density at radius 1 is 0.889 bits per heavy atom. The van der Waals surface area contributed by atoms with E-state index in [2.05, 4.69) is 0 Å².